The van der Waals surface area contributed by atoms with Crippen LogP contribution in [-0.2, 0) is 21.1 Å². The van der Waals surface area contributed by atoms with Crippen molar-refractivity contribution in [2.45, 2.75) is 16.2 Å². The van der Waals surface area contributed by atoms with E-state index in [9.17, 15) is 22.0 Å². The van der Waals surface area contributed by atoms with Crippen molar-refractivity contribution in [2.24, 2.45) is 0 Å². The van der Waals surface area contributed by atoms with Gasteiger partial charge in [0.1, 0.15) is 11.6 Å². The van der Waals surface area contributed by atoms with E-state index >= 15 is 0 Å². The van der Waals surface area contributed by atoms with Crippen molar-refractivity contribution >= 4 is 27.4 Å². The van der Waals surface area contributed by atoms with Gasteiger partial charge in [-0.15, -0.1) is 0 Å². The number of carbonyl (C=O) groups is 1. The van der Waals surface area contributed by atoms with E-state index in [2.05, 4.69) is 0 Å². The Morgan fingerprint density at radius 3 is 2.24 bits per heavy atom. The summed E-state index contributed by atoms with van der Waals surface area (Å²) in [6.07, 6.45) is -0.297. The molecule has 1 N–H and O–H groups in total. The molecule has 0 bridgehead atoms. The molecule has 3 aromatic rings. The van der Waals surface area contributed by atoms with Gasteiger partial charge in [0.15, 0.2) is 11.6 Å². The molecule has 0 saturated carbocycles. The molecule has 0 heterocycles. The Balaban J connectivity index is 1.90. The van der Waals surface area contributed by atoms with E-state index in [4.69, 9.17) is 21.4 Å². The van der Waals surface area contributed by atoms with Crippen LogP contribution in [0.5, 0.6) is 11.5 Å². The van der Waals surface area contributed by atoms with Gasteiger partial charge in [-0.3, -0.25) is 4.79 Å². The maximum Gasteiger partial charge on any atom is 0.307 e. The maximum atomic E-state index is 14.5. The van der Waals surface area contributed by atoms with Crippen LogP contribution in [-0.4, -0.2) is 19.5 Å². The zero-order valence-corrected chi connectivity index (χ0v) is 16.2. The first-order valence-electron chi connectivity index (χ1n) is 8.14. The quantitative estimate of drug-likeness (QED) is 0.555. The van der Waals surface area contributed by atoms with Crippen LogP contribution >= 0.6 is 11.6 Å². The zero-order chi connectivity index (χ0) is 21.2. The Bertz CT molecular complexity index is 1180. The van der Waals surface area contributed by atoms with Crippen molar-refractivity contribution in [3.05, 3.63) is 82.9 Å². The topological polar surface area (TPSA) is 80.7 Å². The fraction of sp³-hybridized carbons (Fsp3) is 0.0500. The van der Waals surface area contributed by atoms with E-state index in [0.717, 1.165) is 42.5 Å². The average molecular weight is 439 g/mol. The summed E-state index contributed by atoms with van der Waals surface area (Å²) in [4.78, 5) is 10.3. The lowest BCUT2D eigenvalue weighted by molar-refractivity contribution is -0.136. The minimum absolute atomic E-state index is 0.0989. The number of rotatable bonds is 6. The van der Waals surface area contributed by atoms with E-state index in [-0.39, 0.29) is 32.7 Å². The molecule has 0 atom stereocenters. The first-order valence-corrected chi connectivity index (χ1v) is 10.0. The van der Waals surface area contributed by atoms with Crippen LogP contribution in [0.15, 0.2) is 70.5 Å². The van der Waals surface area contributed by atoms with Crippen molar-refractivity contribution in [3.63, 3.8) is 0 Å². The van der Waals surface area contributed by atoms with Crippen molar-refractivity contribution in [1.82, 2.24) is 0 Å². The lowest BCUT2D eigenvalue weighted by Crippen LogP contribution is -2.03. The highest BCUT2D eigenvalue weighted by Crippen LogP contribution is 2.31. The van der Waals surface area contributed by atoms with Gasteiger partial charge < -0.3 is 9.84 Å². The van der Waals surface area contributed by atoms with E-state index in [1.807, 2.05) is 0 Å². The van der Waals surface area contributed by atoms with Gasteiger partial charge in [-0.25, -0.2) is 17.2 Å². The Morgan fingerprint density at radius 1 is 0.966 bits per heavy atom. The number of aliphatic carboxylic acids is 1. The van der Waals surface area contributed by atoms with Crippen LogP contribution in [0.3, 0.4) is 0 Å². The predicted octanol–water partition coefficient (Wildman–Crippen LogP) is 4.87. The zero-order valence-electron chi connectivity index (χ0n) is 14.6. The highest BCUT2D eigenvalue weighted by Gasteiger charge is 2.20. The van der Waals surface area contributed by atoms with E-state index in [1.165, 1.54) is 18.2 Å². The molecule has 0 aliphatic heterocycles. The van der Waals surface area contributed by atoms with Crippen molar-refractivity contribution < 1.29 is 31.8 Å². The Labute approximate surface area is 170 Å². The molecule has 150 valence electrons. The second kappa shape index (κ2) is 8.18. The van der Waals surface area contributed by atoms with Gasteiger partial charge in [0.2, 0.25) is 9.84 Å². The van der Waals surface area contributed by atoms with Crippen molar-refractivity contribution in [1.29, 1.82) is 0 Å². The van der Waals surface area contributed by atoms with Crippen LogP contribution in [0.25, 0.3) is 0 Å². The molecule has 3 rings (SSSR count). The third-order valence-corrected chi connectivity index (χ3v) is 5.84. The third kappa shape index (κ3) is 4.90. The molecule has 0 radical (unpaired) electrons. The first kappa shape index (κ1) is 20.8. The SMILES string of the molecule is O=C(O)Cc1cc(Cl)cc(Oc2ccc(S(=O)(=O)c3ccc(F)cc3)cc2F)c1. The molecule has 0 saturated heterocycles. The van der Waals surface area contributed by atoms with Gasteiger partial charge in [-0.2, -0.15) is 0 Å². The summed E-state index contributed by atoms with van der Waals surface area (Å²) < 4.78 is 58.0. The van der Waals surface area contributed by atoms with Gasteiger partial charge in [0, 0.05) is 5.02 Å². The number of hydrogen-bond donors (Lipinski definition) is 1. The summed E-state index contributed by atoms with van der Waals surface area (Å²) in [5, 5.41) is 9.08. The molecule has 0 amide bonds. The fourth-order valence-electron chi connectivity index (χ4n) is 2.56. The second-order valence-corrected chi connectivity index (χ2v) is 8.40. The molecule has 0 aliphatic carbocycles. The summed E-state index contributed by atoms with van der Waals surface area (Å²) in [5.74, 6) is -2.79. The van der Waals surface area contributed by atoms with Crippen molar-refractivity contribution in [3.8, 4) is 11.5 Å². The minimum atomic E-state index is -4.04. The highest BCUT2D eigenvalue weighted by atomic mass is 35.5. The Morgan fingerprint density at radius 2 is 1.62 bits per heavy atom. The van der Waals surface area contributed by atoms with Gasteiger partial charge in [-0.05, 0) is 66.2 Å². The molecular weight excluding hydrogens is 426 g/mol. The van der Waals surface area contributed by atoms with Crippen LogP contribution in [0.1, 0.15) is 5.56 Å². The monoisotopic (exact) mass is 438 g/mol. The number of ether oxygens (including phenoxy) is 1. The Kier molecular flexibility index (Phi) is 5.86. The number of hydrogen-bond acceptors (Lipinski definition) is 4. The predicted molar refractivity (Wildman–Crippen MR) is 101 cm³/mol. The largest absolute Gasteiger partial charge is 0.481 e. The Hall–Kier alpha value is -2.97. The van der Waals surface area contributed by atoms with Crippen molar-refractivity contribution in [2.75, 3.05) is 0 Å². The van der Waals surface area contributed by atoms with Crippen LogP contribution in [0, 0.1) is 11.6 Å². The molecule has 0 fully saturated rings. The van der Waals surface area contributed by atoms with Gasteiger partial charge >= 0.3 is 5.97 Å². The molecule has 0 aliphatic rings. The number of halogens is 3. The van der Waals surface area contributed by atoms with Crippen LogP contribution in [0.2, 0.25) is 5.02 Å². The highest BCUT2D eigenvalue weighted by molar-refractivity contribution is 7.91. The van der Waals surface area contributed by atoms with Crippen LogP contribution in [0.4, 0.5) is 8.78 Å². The lowest BCUT2D eigenvalue weighted by atomic mass is 10.1. The summed E-state index contributed by atoms with van der Waals surface area (Å²) >= 11 is 5.93. The molecule has 0 spiro atoms. The number of carboxylic acid groups (broad SMARTS) is 1. The molecule has 0 unspecified atom stereocenters. The normalized spacial score (nSPS) is 11.3. The fourth-order valence-corrected chi connectivity index (χ4v) is 4.08. The summed E-state index contributed by atoms with van der Waals surface area (Å²) in [6.45, 7) is 0. The molecule has 9 heteroatoms. The van der Waals surface area contributed by atoms with E-state index < -0.39 is 27.4 Å². The van der Waals surface area contributed by atoms with E-state index in [0.29, 0.717) is 5.56 Å². The van der Waals surface area contributed by atoms with Crippen LogP contribution < -0.4 is 4.74 Å². The second-order valence-electron chi connectivity index (χ2n) is 6.02. The minimum Gasteiger partial charge on any atom is -0.481 e. The first-order chi connectivity index (χ1) is 13.6. The molecular formula is C20H13ClF2O5S. The number of sulfone groups is 1. The summed E-state index contributed by atoms with van der Waals surface area (Å²) in [7, 11) is -4.04. The number of benzene rings is 3. The standard InChI is InChI=1S/C20H13ClF2O5S/c21-13-7-12(9-20(24)25)8-15(10-13)28-19-6-5-17(11-18(19)23)29(26,27)16-3-1-14(22)2-4-16/h1-8,10-11H,9H2,(H,24,25). The van der Waals surface area contributed by atoms with Gasteiger partial charge in [0.05, 0.1) is 16.2 Å². The molecule has 0 aromatic heterocycles. The third-order valence-electron chi connectivity index (χ3n) is 3.85. The molecule has 3 aromatic carbocycles. The molecule has 5 nitrogen and oxygen atoms in total. The van der Waals surface area contributed by atoms with E-state index in [1.54, 1.807) is 0 Å². The smallest absolute Gasteiger partial charge is 0.307 e. The maximum absolute atomic E-state index is 14.5. The number of carboxylic acids is 1. The average Bonchev–Trinajstić information content (AvgIpc) is 2.62. The van der Waals surface area contributed by atoms with Gasteiger partial charge in [-0.1, -0.05) is 11.6 Å². The molecule has 29 heavy (non-hydrogen) atoms. The lowest BCUT2D eigenvalue weighted by Gasteiger charge is -2.11. The van der Waals surface area contributed by atoms with Gasteiger partial charge in [0.25, 0.3) is 0 Å². The summed E-state index contributed by atoms with van der Waals surface area (Å²) in [6, 6.07) is 11.4. The summed E-state index contributed by atoms with van der Waals surface area (Å²) in [5.41, 5.74) is 0.357.